The zero-order valence-corrected chi connectivity index (χ0v) is 12.4. The van der Waals surface area contributed by atoms with Gasteiger partial charge in [-0.2, -0.15) is 0 Å². The number of amides is 1. The van der Waals surface area contributed by atoms with E-state index in [1.165, 1.54) is 11.1 Å². The smallest absolute Gasteiger partial charge is 0.226 e. The summed E-state index contributed by atoms with van der Waals surface area (Å²) in [6.45, 7) is 2.66. The molecule has 1 aliphatic carbocycles. The normalized spacial score (nSPS) is 22.4. The minimum absolute atomic E-state index is 0.0656. The lowest BCUT2D eigenvalue weighted by Gasteiger charge is -2.20. The zero-order valence-electron chi connectivity index (χ0n) is 12.4. The van der Waals surface area contributed by atoms with Crippen LogP contribution in [0.5, 0.6) is 0 Å². The monoisotopic (exact) mass is 277 g/mol. The maximum Gasteiger partial charge on any atom is 0.226 e. The van der Waals surface area contributed by atoms with Crippen molar-refractivity contribution in [3.05, 3.63) is 35.4 Å². The van der Waals surface area contributed by atoms with Crippen molar-refractivity contribution in [3.8, 4) is 0 Å². The highest BCUT2D eigenvalue weighted by Gasteiger charge is 2.45. The van der Waals surface area contributed by atoms with Crippen LogP contribution in [0, 0.1) is 12.8 Å². The van der Waals surface area contributed by atoms with Gasteiger partial charge in [0.05, 0.1) is 12.7 Å². The van der Waals surface area contributed by atoms with Crippen molar-refractivity contribution in [2.75, 3.05) is 27.3 Å². The molecule has 0 spiro atoms. The molecule has 20 heavy (non-hydrogen) atoms. The molecule has 3 unspecified atom stereocenters. The highest BCUT2D eigenvalue weighted by molar-refractivity contribution is 5.83. The summed E-state index contributed by atoms with van der Waals surface area (Å²) >= 11 is 0. The van der Waals surface area contributed by atoms with Gasteiger partial charge in [-0.3, -0.25) is 4.79 Å². The van der Waals surface area contributed by atoms with E-state index in [0.717, 1.165) is 6.42 Å². The summed E-state index contributed by atoms with van der Waals surface area (Å²) in [7, 11) is 3.29. The van der Waals surface area contributed by atoms with Crippen LogP contribution in [0.1, 0.15) is 23.5 Å². The number of rotatable bonds is 6. The molecule has 0 bridgehead atoms. The number of likely N-dealkylation sites (N-methyl/N-ethyl adjacent to an activating group) is 1. The van der Waals surface area contributed by atoms with Gasteiger partial charge in [0, 0.05) is 26.6 Å². The lowest BCUT2D eigenvalue weighted by atomic mass is 10.0. The van der Waals surface area contributed by atoms with Crippen LogP contribution in [-0.4, -0.2) is 49.3 Å². The molecule has 0 aliphatic heterocycles. The van der Waals surface area contributed by atoms with Crippen molar-refractivity contribution in [1.29, 1.82) is 0 Å². The zero-order chi connectivity index (χ0) is 14.7. The average Bonchev–Trinajstić information content (AvgIpc) is 3.18. The summed E-state index contributed by atoms with van der Waals surface area (Å²) in [5.41, 5.74) is 2.52. The number of aliphatic hydroxyl groups is 1. The van der Waals surface area contributed by atoms with Gasteiger partial charge in [0.25, 0.3) is 0 Å². The van der Waals surface area contributed by atoms with E-state index in [9.17, 15) is 9.90 Å². The maximum absolute atomic E-state index is 12.3. The van der Waals surface area contributed by atoms with E-state index in [-0.39, 0.29) is 18.4 Å². The number of aliphatic hydroxyl groups excluding tert-OH is 1. The molecule has 110 valence electrons. The second kappa shape index (κ2) is 6.37. The molecule has 1 aromatic rings. The molecule has 1 fully saturated rings. The largest absolute Gasteiger partial charge is 0.389 e. The Morgan fingerprint density at radius 2 is 2.20 bits per heavy atom. The molecule has 1 saturated carbocycles. The van der Waals surface area contributed by atoms with Crippen LogP contribution in [0.25, 0.3) is 0 Å². The first-order valence-corrected chi connectivity index (χ1v) is 7.02. The molecule has 1 aliphatic rings. The van der Waals surface area contributed by atoms with Crippen molar-refractivity contribution in [3.63, 3.8) is 0 Å². The number of carbonyl (C=O) groups is 1. The fourth-order valence-electron chi connectivity index (χ4n) is 2.75. The first-order chi connectivity index (χ1) is 9.54. The van der Waals surface area contributed by atoms with Gasteiger partial charge in [-0.25, -0.2) is 0 Å². The Labute approximate surface area is 120 Å². The highest BCUT2D eigenvalue weighted by Crippen LogP contribution is 2.49. The van der Waals surface area contributed by atoms with Gasteiger partial charge in [0.15, 0.2) is 0 Å². The number of hydrogen-bond acceptors (Lipinski definition) is 3. The van der Waals surface area contributed by atoms with Crippen molar-refractivity contribution >= 4 is 5.91 Å². The minimum Gasteiger partial charge on any atom is -0.389 e. The van der Waals surface area contributed by atoms with Gasteiger partial charge in [0.2, 0.25) is 5.91 Å². The first-order valence-electron chi connectivity index (χ1n) is 7.02. The van der Waals surface area contributed by atoms with E-state index in [0.29, 0.717) is 12.5 Å². The van der Waals surface area contributed by atoms with Crippen LogP contribution in [-0.2, 0) is 9.53 Å². The Bertz CT molecular complexity index is 475. The predicted octanol–water partition coefficient (Wildman–Crippen LogP) is 1.56. The van der Waals surface area contributed by atoms with Crippen LogP contribution in [0.3, 0.4) is 0 Å². The fourth-order valence-corrected chi connectivity index (χ4v) is 2.75. The molecule has 1 N–H and O–H groups in total. The van der Waals surface area contributed by atoms with E-state index in [4.69, 9.17) is 4.74 Å². The van der Waals surface area contributed by atoms with Crippen molar-refractivity contribution < 1.29 is 14.6 Å². The number of hydrogen-bond donors (Lipinski definition) is 1. The molecule has 0 heterocycles. The van der Waals surface area contributed by atoms with E-state index in [2.05, 4.69) is 19.1 Å². The molecule has 4 heteroatoms. The molecule has 4 nitrogen and oxygen atoms in total. The van der Waals surface area contributed by atoms with Crippen LogP contribution in [0.4, 0.5) is 0 Å². The van der Waals surface area contributed by atoms with Gasteiger partial charge in [-0.05, 0) is 30.4 Å². The lowest BCUT2D eigenvalue weighted by molar-refractivity contribution is -0.133. The molecule has 0 radical (unpaired) electrons. The van der Waals surface area contributed by atoms with Gasteiger partial charge in [0.1, 0.15) is 0 Å². The summed E-state index contributed by atoms with van der Waals surface area (Å²) in [6, 6.07) is 8.23. The number of nitrogens with zero attached hydrogens (tertiary/aromatic N) is 1. The SMILES string of the molecule is COCC(O)CN(C)C(=O)C1CC1c1ccccc1C. The van der Waals surface area contributed by atoms with Gasteiger partial charge in [-0.15, -0.1) is 0 Å². The number of carbonyl (C=O) groups excluding carboxylic acids is 1. The lowest BCUT2D eigenvalue weighted by Crippen LogP contribution is -2.37. The van der Waals surface area contributed by atoms with Crippen LogP contribution in [0.2, 0.25) is 0 Å². The second-order valence-corrected chi connectivity index (χ2v) is 5.63. The van der Waals surface area contributed by atoms with Crippen molar-refractivity contribution in [2.45, 2.75) is 25.4 Å². The van der Waals surface area contributed by atoms with Gasteiger partial charge >= 0.3 is 0 Å². The highest BCUT2D eigenvalue weighted by atomic mass is 16.5. The summed E-state index contributed by atoms with van der Waals surface area (Å²) in [6.07, 6.45) is 0.290. The Hall–Kier alpha value is -1.39. The number of ether oxygens (including phenoxy) is 1. The number of methoxy groups -OCH3 is 1. The third kappa shape index (κ3) is 3.38. The molecule has 0 saturated heterocycles. The van der Waals surface area contributed by atoms with Gasteiger partial charge in [-0.1, -0.05) is 24.3 Å². The molecular weight excluding hydrogens is 254 g/mol. The summed E-state index contributed by atoms with van der Waals surface area (Å²) in [4.78, 5) is 13.9. The Balaban J connectivity index is 1.91. The molecule has 0 aromatic heterocycles. The fraction of sp³-hybridized carbons (Fsp3) is 0.562. The Morgan fingerprint density at radius 3 is 2.85 bits per heavy atom. The first kappa shape index (κ1) is 15.0. The molecule has 1 aromatic carbocycles. The Morgan fingerprint density at radius 1 is 1.50 bits per heavy atom. The standard InChI is InChI=1S/C16H23NO3/c1-11-6-4-5-7-13(11)14-8-15(14)16(19)17(2)9-12(18)10-20-3/h4-7,12,14-15,18H,8-10H2,1-3H3. The molecular formula is C16H23NO3. The van der Waals surface area contributed by atoms with E-state index < -0.39 is 6.10 Å². The summed E-state index contributed by atoms with van der Waals surface area (Å²) in [5.74, 6) is 0.523. The predicted molar refractivity (Wildman–Crippen MR) is 77.5 cm³/mol. The maximum atomic E-state index is 12.3. The summed E-state index contributed by atoms with van der Waals surface area (Å²) in [5, 5.41) is 9.68. The number of benzene rings is 1. The molecule has 2 rings (SSSR count). The topological polar surface area (TPSA) is 49.8 Å². The van der Waals surface area contributed by atoms with E-state index in [1.807, 2.05) is 12.1 Å². The van der Waals surface area contributed by atoms with Crippen LogP contribution in [0.15, 0.2) is 24.3 Å². The van der Waals surface area contributed by atoms with Crippen LogP contribution >= 0.6 is 0 Å². The second-order valence-electron chi connectivity index (χ2n) is 5.63. The third-order valence-corrected chi connectivity index (χ3v) is 3.92. The molecule has 1 amide bonds. The minimum atomic E-state index is -0.621. The average molecular weight is 277 g/mol. The van der Waals surface area contributed by atoms with Crippen LogP contribution < -0.4 is 0 Å². The van der Waals surface area contributed by atoms with Gasteiger partial charge < -0.3 is 14.7 Å². The quantitative estimate of drug-likeness (QED) is 0.858. The molecule has 3 atom stereocenters. The number of aryl methyl sites for hydroxylation is 1. The van der Waals surface area contributed by atoms with E-state index >= 15 is 0 Å². The Kier molecular flexibility index (Phi) is 4.78. The van der Waals surface area contributed by atoms with Crippen molar-refractivity contribution in [1.82, 2.24) is 4.90 Å². The summed E-state index contributed by atoms with van der Waals surface area (Å²) < 4.78 is 4.88. The van der Waals surface area contributed by atoms with E-state index in [1.54, 1.807) is 19.1 Å². The van der Waals surface area contributed by atoms with Crippen molar-refractivity contribution in [2.24, 2.45) is 5.92 Å². The third-order valence-electron chi connectivity index (χ3n) is 3.92.